The Bertz CT molecular complexity index is 547. The van der Waals surface area contributed by atoms with Crippen molar-refractivity contribution in [2.24, 2.45) is 5.73 Å². The molecule has 2 aromatic rings. The van der Waals surface area contributed by atoms with Crippen LogP contribution in [0, 0.1) is 0 Å². The molecule has 0 aliphatic rings. The molecule has 98 valence electrons. The largest absolute Gasteiger partial charge is 0.457 e. The van der Waals surface area contributed by atoms with E-state index in [2.05, 4.69) is 5.32 Å². The average molecular weight is 256 g/mol. The first-order chi connectivity index (χ1) is 9.19. The number of hydrogen-bond donors (Lipinski definition) is 2. The van der Waals surface area contributed by atoms with E-state index in [-0.39, 0.29) is 0 Å². The van der Waals surface area contributed by atoms with Crippen LogP contribution >= 0.6 is 0 Å². The Morgan fingerprint density at radius 2 is 1.58 bits per heavy atom. The molecule has 0 saturated heterocycles. The molecule has 0 bridgehead atoms. The van der Waals surface area contributed by atoms with E-state index in [0.717, 1.165) is 12.3 Å². The Kier molecular flexibility index (Phi) is 4.15. The summed E-state index contributed by atoms with van der Waals surface area (Å²) in [4.78, 5) is 10.9. The number of amides is 1. The Hall–Kier alpha value is -2.33. The maximum absolute atomic E-state index is 10.9. The monoisotopic (exact) mass is 256 g/mol. The van der Waals surface area contributed by atoms with E-state index in [1.807, 2.05) is 31.3 Å². The number of nitrogens with one attached hydrogen (secondary N) is 1. The standard InChI is InChI=1S/C15H16N2O2/c1-17-10-11-2-6-13(7-3-11)19-14-8-4-12(5-9-14)15(16)18/h2-9,17H,10H2,1H3,(H2,16,18). The fourth-order valence-corrected chi connectivity index (χ4v) is 1.70. The number of primary amides is 1. The summed E-state index contributed by atoms with van der Waals surface area (Å²) in [6.07, 6.45) is 0. The molecule has 0 unspecified atom stereocenters. The van der Waals surface area contributed by atoms with E-state index in [1.54, 1.807) is 24.3 Å². The Morgan fingerprint density at radius 3 is 2.05 bits per heavy atom. The molecule has 0 heterocycles. The smallest absolute Gasteiger partial charge is 0.248 e. The molecule has 0 fully saturated rings. The summed E-state index contributed by atoms with van der Waals surface area (Å²) in [5.41, 5.74) is 6.84. The van der Waals surface area contributed by atoms with Crippen molar-refractivity contribution in [3.8, 4) is 11.5 Å². The van der Waals surface area contributed by atoms with E-state index >= 15 is 0 Å². The summed E-state index contributed by atoms with van der Waals surface area (Å²) >= 11 is 0. The third kappa shape index (κ3) is 3.56. The molecule has 1 amide bonds. The maximum Gasteiger partial charge on any atom is 0.248 e. The van der Waals surface area contributed by atoms with Crippen LogP contribution in [0.2, 0.25) is 0 Å². The molecule has 0 aliphatic carbocycles. The lowest BCUT2D eigenvalue weighted by atomic mass is 10.2. The van der Waals surface area contributed by atoms with Gasteiger partial charge in [0.2, 0.25) is 5.91 Å². The lowest BCUT2D eigenvalue weighted by Crippen LogP contribution is -2.10. The third-order valence-corrected chi connectivity index (χ3v) is 2.68. The first kappa shape index (κ1) is 13.1. The minimum absolute atomic E-state index is 0.442. The molecule has 0 saturated carbocycles. The molecule has 0 aliphatic heterocycles. The fourth-order valence-electron chi connectivity index (χ4n) is 1.70. The summed E-state index contributed by atoms with van der Waals surface area (Å²) in [7, 11) is 1.91. The number of benzene rings is 2. The van der Waals surface area contributed by atoms with E-state index in [0.29, 0.717) is 11.3 Å². The zero-order chi connectivity index (χ0) is 13.7. The van der Waals surface area contributed by atoms with Gasteiger partial charge in [-0.15, -0.1) is 0 Å². The molecular weight excluding hydrogens is 240 g/mol. The first-order valence-corrected chi connectivity index (χ1v) is 6.00. The highest BCUT2D eigenvalue weighted by Crippen LogP contribution is 2.22. The number of nitrogens with two attached hydrogens (primary N) is 1. The van der Waals surface area contributed by atoms with Crippen molar-refractivity contribution in [1.82, 2.24) is 5.32 Å². The molecule has 0 aromatic heterocycles. The van der Waals surface area contributed by atoms with Gasteiger partial charge in [0.05, 0.1) is 0 Å². The van der Waals surface area contributed by atoms with Gasteiger partial charge in [0, 0.05) is 12.1 Å². The van der Waals surface area contributed by atoms with Crippen LogP contribution < -0.4 is 15.8 Å². The van der Waals surface area contributed by atoms with E-state index in [1.165, 1.54) is 5.56 Å². The van der Waals surface area contributed by atoms with Crippen LogP contribution in [0.3, 0.4) is 0 Å². The summed E-state index contributed by atoms with van der Waals surface area (Å²) < 4.78 is 5.67. The third-order valence-electron chi connectivity index (χ3n) is 2.68. The zero-order valence-corrected chi connectivity index (χ0v) is 10.7. The normalized spacial score (nSPS) is 10.2. The molecular formula is C15H16N2O2. The topological polar surface area (TPSA) is 64.3 Å². The van der Waals surface area contributed by atoms with Crippen molar-refractivity contribution in [2.45, 2.75) is 6.54 Å². The van der Waals surface area contributed by atoms with Crippen LogP contribution in [0.25, 0.3) is 0 Å². The molecule has 3 N–H and O–H groups in total. The number of carbonyl (C=O) groups is 1. The van der Waals surface area contributed by atoms with Gasteiger partial charge in [-0.25, -0.2) is 0 Å². The van der Waals surface area contributed by atoms with Gasteiger partial charge in [-0.3, -0.25) is 4.79 Å². The van der Waals surface area contributed by atoms with Gasteiger partial charge in [0.25, 0.3) is 0 Å². The number of rotatable bonds is 5. The van der Waals surface area contributed by atoms with Crippen molar-refractivity contribution < 1.29 is 9.53 Å². The van der Waals surface area contributed by atoms with Gasteiger partial charge in [0.1, 0.15) is 11.5 Å². The fraction of sp³-hybridized carbons (Fsp3) is 0.133. The van der Waals surface area contributed by atoms with Gasteiger partial charge in [-0.2, -0.15) is 0 Å². The second-order valence-electron chi connectivity index (χ2n) is 4.16. The number of hydrogen-bond acceptors (Lipinski definition) is 3. The first-order valence-electron chi connectivity index (χ1n) is 6.00. The van der Waals surface area contributed by atoms with Gasteiger partial charge < -0.3 is 15.8 Å². The van der Waals surface area contributed by atoms with E-state index in [4.69, 9.17) is 10.5 Å². The molecule has 0 atom stereocenters. The summed E-state index contributed by atoms with van der Waals surface area (Å²) in [6.45, 7) is 0.827. The van der Waals surface area contributed by atoms with Crippen molar-refractivity contribution in [3.05, 3.63) is 59.7 Å². The van der Waals surface area contributed by atoms with E-state index < -0.39 is 5.91 Å². The van der Waals surface area contributed by atoms with Crippen LogP contribution in [-0.2, 0) is 6.54 Å². The number of ether oxygens (including phenoxy) is 1. The quantitative estimate of drug-likeness (QED) is 0.862. The molecule has 0 spiro atoms. The highest BCUT2D eigenvalue weighted by atomic mass is 16.5. The lowest BCUT2D eigenvalue weighted by Gasteiger charge is -2.07. The molecule has 2 aromatic carbocycles. The minimum atomic E-state index is -0.442. The minimum Gasteiger partial charge on any atom is -0.457 e. The molecule has 19 heavy (non-hydrogen) atoms. The Labute approximate surface area is 112 Å². The summed E-state index contributed by atoms with van der Waals surface area (Å²) in [5, 5.41) is 3.09. The second kappa shape index (κ2) is 6.02. The number of carbonyl (C=O) groups excluding carboxylic acids is 1. The van der Waals surface area contributed by atoms with Crippen molar-refractivity contribution in [3.63, 3.8) is 0 Å². The molecule has 2 rings (SSSR count). The van der Waals surface area contributed by atoms with Gasteiger partial charge in [0.15, 0.2) is 0 Å². The van der Waals surface area contributed by atoms with Crippen LogP contribution in [-0.4, -0.2) is 13.0 Å². The average Bonchev–Trinajstić information content (AvgIpc) is 2.42. The van der Waals surface area contributed by atoms with Crippen LogP contribution in [0.4, 0.5) is 0 Å². The van der Waals surface area contributed by atoms with Gasteiger partial charge in [-0.05, 0) is 49.0 Å². The zero-order valence-electron chi connectivity index (χ0n) is 10.7. The molecule has 4 heteroatoms. The van der Waals surface area contributed by atoms with E-state index in [9.17, 15) is 4.79 Å². The van der Waals surface area contributed by atoms with Gasteiger partial charge >= 0.3 is 0 Å². The highest BCUT2D eigenvalue weighted by Gasteiger charge is 2.01. The molecule has 0 radical (unpaired) electrons. The second-order valence-corrected chi connectivity index (χ2v) is 4.16. The van der Waals surface area contributed by atoms with Crippen molar-refractivity contribution in [2.75, 3.05) is 7.05 Å². The van der Waals surface area contributed by atoms with Crippen molar-refractivity contribution >= 4 is 5.91 Å². The van der Waals surface area contributed by atoms with Crippen molar-refractivity contribution in [1.29, 1.82) is 0 Å². The predicted molar refractivity (Wildman–Crippen MR) is 74.2 cm³/mol. The van der Waals surface area contributed by atoms with Gasteiger partial charge in [-0.1, -0.05) is 12.1 Å². The highest BCUT2D eigenvalue weighted by molar-refractivity contribution is 5.92. The summed E-state index contributed by atoms with van der Waals surface area (Å²) in [6, 6.07) is 14.6. The van der Waals surface area contributed by atoms with Crippen LogP contribution in [0.15, 0.2) is 48.5 Å². The molecule has 4 nitrogen and oxygen atoms in total. The SMILES string of the molecule is CNCc1ccc(Oc2ccc(C(N)=O)cc2)cc1. The van der Waals surface area contributed by atoms with Crippen LogP contribution in [0.1, 0.15) is 15.9 Å². The predicted octanol–water partition coefficient (Wildman–Crippen LogP) is 2.30. The van der Waals surface area contributed by atoms with Crippen LogP contribution in [0.5, 0.6) is 11.5 Å². The Balaban J connectivity index is 2.06. The maximum atomic E-state index is 10.9. The lowest BCUT2D eigenvalue weighted by molar-refractivity contribution is 0.100. The Morgan fingerprint density at radius 1 is 1.05 bits per heavy atom. The summed E-state index contributed by atoms with van der Waals surface area (Å²) in [5.74, 6) is 0.987.